The highest BCUT2D eigenvalue weighted by atomic mass is 15.0. The molecular weight excluding hydrogens is 364 g/mol. The molecule has 2 heterocycles. The van der Waals surface area contributed by atoms with Crippen molar-refractivity contribution in [3.05, 3.63) is 94.8 Å². The van der Waals surface area contributed by atoms with E-state index in [-0.39, 0.29) is 0 Å². The fraction of sp³-hybridized carbons (Fsp3) is 0.214. The Hall–Kier alpha value is -3.26. The maximum Gasteiger partial charge on any atom is 0.213 e. The van der Waals surface area contributed by atoms with Crippen LogP contribution in [-0.4, -0.2) is 0 Å². The van der Waals surface area contributed by atoms with E-state index in [0.29, 0.717) is 0 Å². The summed E-state index contributed by atoms with van der Waals surface area (Å²) in [5, 5.41) is 0. The van der Waals surface area contributed by atoms with Crippen LogP contribution in [0.5, 0.6) is 0 Å². The first-order valence-corrected chi connectivity index (χ1v) is 10.6. The van der Waals surface area contributed by atoms with Crippen molar-refractivity contribution >= 4 is 0 Å². The third-order valence-corrected chi connectivity index (χ3v) is 6.73. The van der Waals surface area contributed by atoms with E-state index in [4.69, 9.17) is 0 Å². The second kappa shape index (κ2) is 6.91. The number of rotatable bonds is 2. The molecular formula is C28H28N2+2. The lowest BCUT2D eigenvalue weighted by Gasteiger charge is -2.12. The fourth-order valence-electron chi connectivity index (χ4n) is 4.96. The van der Waals surface area contributed by atoms with Crippen molar-refractivity contribution in [2.75, 3.05) is 0 Å². The van der Waals surface area contributed by atoms with Crippen LogP contribution in [0.3, 0.4) is 0 Å². The van der Waals surface area contributed by atoms with Gasteiger partial charge in [-0.05, 0) is 54.3 Å². The Morgan fingerprint density at radius 1 is 0.633 bits per heavy atom. The summed E-state index contributed by atoms with van der Waals surface area (Å²) in [5.74, 6) is 0. The molecule has 1 aliphatic carbocycles. The second-order valence-corrected chi connectivity index (χ2v) is 8.57. The van der Waals surface area contributed by atoms with E-state index in [2.05, 4.69) is 111 Å². The van der Waals surface area contributed by atoms with Crippen LogP contribution < -0.4 is 9.13 Å². The molecule has 2 heteroatoms. The topological polar surface area (TPSA) is 7.76 Å². The Morgan fingerprint density at radius 3 is 2.13 bits per heavy atom. The lowest BCUT2D eigenvalue weighted by atomic mass is 9.95. The fourth-order valence-corrected chi connectivity index (χ4v) is 4.96. The smallest absolute Gasteiger partial charge is 0.199 e. The summed E-state index contributed by atoms with van der Waals surface area (Å²) in [6, 6.07) is 24.6. The van der Waals surface area contributed by atoms with E-state index in [1.165, 1.54) is 61.7 Å². The predicted octanol–water partition coefficient (Wildman–Crippen LogP) is 5.17. The minimum Gasteiger partial charge on any atom is -0.199 e. The van der Waals surface area contributed by atoms with Gasteiger partial charge in [-0.25, -0.2) is 0 Å². The van der Waals surface area contributed by atoms with Gasteiger partial charge in [0.05, 0.1) is 6.42 Å². The highest BCUT2D eigenvalue weighted by Crippen LogP contribution is 2.36. The molecule has 2 aromatic carbocycles. The third-order valence-electron chi connectivity index (χ3n) is 6.73. The number of hydrogen-bond acceptors (Lipinski definition) is 0. The molecule has 0 unspecified atom stereocenters. The number of hydrogen-bond donors (Lipinski definition) is 0. The highest BCUT2D eigenvalue weighted by Gasteiger charge is 2.29. The Kier molecular flexibility index (Phi) is 4.32. The molecule has 5 rings (SSSR count). The van der Waals surface area contributed by atoms with Gasteiger partial charge in [0, 0.05) is 41.8 Å². The van der Waals surface area contributed by atoms with E-state index in [0.717, 1.165) is 6.42 Å². The van der Waals surface area contributed by atoms with Crippen molar-refractivity contribution in [2.24, 2.45) is 14.1 Å². The lowest BCUT2D eigenvalue weighted by molar-refractivity contribution is -0.667. The van der Waals surface area contributed by atoms with Crippen molar-refractivity contribution < 1.29 is 9.13 Å². The van der Waals surface area contributed by atoms with E-state index >= 15 is 0 Å². The van der Waals surface area contributed by atoms with Gasteiger partial charge in [-0.2, -0.15) is 9.13 Å². The van der Waals surface area contributed by atoms with Crippen molar-refractivity contribution in [2.45, 2.75) is 27.2 Å². The zero-order chi connectivity index (χ0) is 21.0. The summed E-state index contributed by atoms with van der Waals surface area (Å²) in [6.07, 6.45) is 1.00. The van der Waals surface area contributed by atoms with Crippen LogP contribution in [0.1, 0.15) is 28.1 Å². The Labute approximate surface area is 179 Å². The molecule has 0 saturated heterocycles. The predicted molar refractivity (Wildman–Crippen MR) is 122 cm³/mol. The summed E-state index contributed by atoms with van der Waals surface area (Å²) < 4.78 is 4.68. The van der Waals surface area contributed by atoms with Gasteiger partial charge in [0.25, 0.3) is 0 Å². The summed E-state index contributed by atoms with van der Waals surface area (Å²) >= 11 is 0. The number of aromatic nitrogens is 2. The van der Waals surface area contributed by atoms with Crippen molar-refractivity contribution in [1.29, 1.82) is 0 Å². The van der Waals surface area contributed by atoms with Crippen molar-refractivity contribution in [3.63, 3.8) is 0 Å². The Bertz CT molecular complexity index is 1310. The lowest BCUT2D eigenvalue weighted by Crippen LogP contribution is -2.36. The van der Waals surface area contributed by atoms with Gasteiger partial charge < -0.3 is 0 Å². The highest BCUT2D eigenvalue weighted by molar-refractivity contribution is 5.77. The van der Waals surface area contributed by atoms with E-state index in [1.54, 1.807) is 0 Å². The standard InChI is InChI=1S/C28H28N2/c1-18-15-19(2)29(4)27(16-18)23-12-8-11-22(20(23)3)26-14-13-25-24-10-7-6-9-21(24)17-28(25)30(26)5/h6-16H,17H2,1-5H3/q+2. The second-order valence-electron chi connectivity index (χ2n) is 8.57. The van der Waals surface area contributed by atoms with Crippen LogP contribution in [-0.2, 0) is 20.5 Å². The van der Waals surface area contributed by atoms with E-state index < -0.39 is 0 Å². The summed E-state index contributed by atoms with van der Waals surface area (Å²) in [4.78, 5) is 0. The molecule has 0 radical (unpaired) electrons. The normalized spacial score (nSPS) is 12.0. The zero-order valence-electron chi connectivity index (χ0n) is 18.5. The summed E-state index contributed by atoms with van der Waals surface area (Å²) in [5.41, 5.74) is 14.6. The number of fused-ring (bicyclic) bond motifs is 3. The quantitative estimate of drug-likeness (QED) is 0.366. The molecule has 0 amide bonds. The molecule has 2 aromatic heterocycles. The summed E-state index contributed by atoms with van der Waals surface area (Å²) in [7, 11) is 4.37. The van der Waals surface area contributed by atoms with Gasteiger partial charge in [0.15, 0.2) is 11.4 Å². The number of aryl methyl sites for hydroxylation is 2. The first kappa shape index (κ1) is 18.7. The van der Waals surface area contributed by atoms with Crippen molar-refractivity contribution in [1.82, 2.24) is 0 Å². The monoisotopic (exact) mass is 392 g/mol. The molecule has 0 fully saturated rings. The van der Waals surface area contributed by atoms with Crippen LogP contribution in [0.15, 0.2) is 66.7 Å². The molecule has 0 aliphatic heterocycles. The molecule has 4 aromatic rings. The average molecular weight is 393 g/mol. The molecule has 0 N–H and O–H groups in total. The first-order valence-electron chi connectivity index (χ1n) is 10.6. The molecule has 0 atom stereocenters. The van der Waals surface area contributed by atoms with Gasteiger partial charge in [-0.3, -0.25) is 0 Å². The maximum atomic E-state index is 2.39. The SMILES string of the molecule is Cc1cc(C)[n+](C)c(-c2cccc(-c3ccc4c([n+]3C)Cc3ccccc3-4)c2C)c1. The van der Waals surface area contributed by atoms with Gasteiger partial charge in [-0.15, -0.1) is 0 Å². The van der Waals surface area contributed by atoms with Gasteiger partial charge >= 0.3 is 0 Å². The van der Waals surface area contributed by atoms with Crippen LogP contribution >= 0.6 is 0 Å². The number of benzene rings is 2. The largest absolute Gasteiger partial charge is 0.213 e. The van der Waals surface area contributed by atoms with E-state index in [1.807, 2.05) is 0 Å². The zero-order valence-corrected chi connectivity index (χ0v) is 18.5. The summed E-state index contributed by atoms with van der Waals surface area (Å²) in [6.45, 7) is 6.60. The number of pyridine rings is 2. The number of nitrogens with zero attached hydrogens (tertiary/aromatic N) is 2. The molecule has 0 spiro atoms. The van der Waals surface area contributed by atoms with Crippen LogP contribution in [0, 0.1) is 20.8 Å². The van der Waals surface area contributed by atoms with Crippen molar-refractivity contribution in [3.8, 4) is 33.6 Å². The average Bonchev–Trinajstić information content (AvgIpc) is 3.11. The van der Waals surface area contributed by atoms with Gasteiger partial charge in [0.2, 0.25) is 11.4 Å². The third kappa shape index (κ3) is 2.79. The van der Waals surface area contributed by atoms with Gasteiger partial charge in [0.1, 0.15) is 14.1 Å². The molecule has 1 aliphatic rings. The molecule has 2 nitrogen and oxygen atoms in total. The Morgan fingerprint density at radius 2 is 1.33 bits per heavy atom. The van der Waals surface area contributed by atoms with E-state index in [9.17, 15) is 0 Å². The molecule has 0 bridgehead atoms. The first-order chi connectivity index (χ1) is 14.5. The minimum absolute atomic E-state index is 1.00. The van der Waals surface area contributed by atoms with Crippen LogP contribution in [0.4, 0.5) is 0 Å². The Balaban J connectivity index is 1.67. The maximum absolute atomic E-state index is 2.39. The minimum atomic E-state index is 1.00. The van der Waals surface area contributed by atoms with Crippen LogP contribution in [0.25, 0.3) is 33.6 Å². The van der Waals surface area contributed by atoms with Gasteiger partial charge in [-0.1, -0.05) is 30.3 Å². The molecule has 148 valence electrons. The molecule has 0 saturated carbocycles. The van der Waals surface area contributed by atoms with Crippen LogP contribution in [0.2, 0.25) is 0 Å². The molecule has 30 heavy (non-hydrogen) atoms.